The van der Waals surface area contributed by atoms with Crippen molar-refractivity contribution in [2.75, 3.05) is 6.54 Å². The third-order valence-corrected chi connectivity index (χ3v) is 4.70. The number of benzene rings is 1. The van der Waals surface area contributed by atoms with E-state index in [1.165, 1.54) is 4.90 Å². The molecule has 3 amide bonds. The highest BCUT2D eigenvalue weighted by Crippen LogP contribution is 2.34. The number of imide groups is 1. The Hall–Kier alpha value is -2.10. The first kappa shape index (κ1) is 14.8. The predicted molar refractivity (Wildman–Crippen MR) is 85.0 cm³/mol. The summed E-state index contributed by atoms with van der Waals surface area (Å²) < 4.78 is 0. The summed E-state index contributed by atoms with van der Waals surface area (Å²) in [5.41, 5.74) is 0.983. The highest BCUT2D eigenvalue weighted by atomic mass is 16.2. The van der Waals surface area contributed by atoms with Gasteiger partial charge in [0, 0.05) is 12.6 Å². The Morgan fingerprint density at radius 1 is 1.14 bits per heavy atom. The molecule has 0 aromatic heterocycles. The van der Waals surface area contributed by atoms with E-state index < -0.39 is 0 Å². The molecule has 116 valence electrons. The normalized spacial score (nSPS) is 25.1. The van der Waals surface area contributed by atoms with Gasteiger partial charge in [-0.3, -0.25) is 9.69 Å². The van der Waals surface area contributed by atoms with Crippen LogP contribution in [0, 0.1) is 5.92 Å². The largest absolute Gasteiger partial charge is 0.327 e. The minimum atomic E-state index is -0.170. The van der Waals surface area contributed by atoms with Crippen LogP contribution in [0.3, 0.4) is 0 Å². The molecule has 1 saturated heterocycles. The maximum absolute atomic E-state index is 12.8. The van der Waals surface area contributed by atoms with Gasteiger partial charge in [-0.25, -0.2) is 4.79 Å². The Morgan fingerprint density at radius 3 is 2.59 bits per heavy atom. The van der Waals surface area contributed by atoms with Gasteiger partial charge in [0.15, 0.2) is 0 Å². The zero-order valence-electron chi connectivity index (χ0n) is 12.8. The van der Waals surface area contributed by atoms with Crippen LogP contribution in [-0.2, 0) is 11.3 Å². The van der Waals surface area contributed by atoms with Crippen molar-refractivity contribution in [3.05, 3.63) is 48.6 Å². The molecule has 1 aliphatic carbocycles. The molecule has 0 spiro atoms. The van der Waals surface area contributed by atoms with Gasteiger partial charge in [0.1, 0.15) is 0 Å². The number of amides is 3. The molecule has 1 saturated carbocycles. The second-order valence-corrected chi connectivity index (χ2v) is 6.09. The first-order chi connectivity index (χ1) is 10.7. The average Bonchev–Trinajstić information content (AvgIpc) is 2.56. The van der Waals surface area contributed by atoms with Crippen molar-refractivity contribution in [2.45, 2.75) is 38.3 Å². The minimum absolute atomic E-state index is 0.00105. The Morgan fingerprint density at radius 2 is 1.86 bits per heavy atom. The van der Waals surface area contributed by atoms with Crippen molar-refractivity contribution in [1.82, 2.24) is 9.80 Å². The zero-order chi connectivity index (χ0) is 15.5. The summed E-state index contributed by atoms with van der Waals surface area (Å²) in [6.07, 6.45) is 5.72. The summed E-state index contributed by atoms with van der Waals surface area (Å²) in [5.74, 6) is -0.0472. The molecule has 2 atom stereocenters. The van der Waals surface area contributed by atoms with Crippen LogP contribution in [0.25, 0.3) is 0 Å². The van der Waals surface area contributed by atoms with Gasteiger partial charge < -0.3 is 4.90 Å². The lowest BCUT2D eigenvalue weighted by atomic mass is 9.81. The number of fused-ring (bicyclic) bond motifs is 1. The fourth-order valence-corrected chi connectivity index (χ4v) is 3.63. The third kappa shape index (κ3) is 2.65. The molecule has 2 fully saturated rings. The fraction of sp³-hybridized carbons (Fsp3) is 0.444. The Balaban J connectivity index is 1.87. The van der Waals surface area contributed by atoms with Gasteiger partial charge in [0.25, 0.3) is 0 Å². The number of rotatable bonds is 4. The molecule has 1 aliphatic heterocycles. The summed E-state index contributed by atoms with van der Waals surface area (Å²) in [6, 6.07) is 9.58. The second-order valence-electron chi connectivity index (χ2n) is 6.09. The molecule has 0 N–H and O–H groups in total. The monoisotopic (exact) mass is 298 g/mol. The van der Waals surface area contributed by atoms with Gasteiger partial charge in [-0.15, -0.1) is 6.58 Å². The lowest BCUT2D eigenvalue weighted by molar-refractivity contribution is -0.140. The minimum Gasteiger partial charge on any atom is -0.317 e. The molecule has 4 nitrogen and oxygen atoms in total. The summed E-state index contributed by atoms with van der Waals surface area (Å²) >= 11 is 0. The number of hydrogen-bond donors (Lipinski definition) is 0. The van der Waals surface area contributed by atoms with E-state index in [0.717, 1.165) is 31.2 Å². The Kier molecular flexibility index (Phi) is 4.27. The first-order valence-corrected chi connectivity index (χ1v) is 7.99. The molecule has 4 heteroatoms. The number of carbonyl (C=O) groups excluding carboxylic acids is 2. The van der Waals surface area contributed by atoms with Gasteiger partial charge in [0.2, 0.25) is 5.91 Å². The summed E-state index contributed by atoms with van der Waals surface area (Å²) in [5, 5.41) is 0. The van der Waals surface area contributed by atoms with Crippen molar-refractivity contribution < 1.29 is 9.59 Å². The Bertz CT molecular complexity index is 570. The van der Waals surface area contributed by atoms with Gasteiger partial charge in [0.05, 0.1) is 12.5 Å². The molecule has 22 heavy (non-hydrogen) atoms. The Labute approximate surface area is 131 Å². The van der Waals surface area contributed by atoms with E-state index in [-0.39, 0.29) is 23.9 Å². The topological polar surface area (TPSA) is 40.6 Å². The molecule has 1 heterocycles. The van der Waals surface area contributed by atoms with E-state index in [1.807, 2.05) is 35.2 Å². The van der Waals surface area contributed by atoms with Gasteiger partial charge >= 0.3 is 6.03 Å². The van der Waals surface area contributed by atoms with E-state index in [0.29, 0.717) is 13.1 Å². The molecular weight excluding hydrogens is 276 g/mol. The summed E-state index contributed by atoms with van der Waals surface area (Å²) in [7, 11) is 0. The van der Waals surface area contributed by atoms with Crippen LogP contribution in [-0.4, -0.2) is 34.3 Å². The maximum Gasteiger partial charge on any atom is 0.327 e. The molecular formula is C18H22N2O2. The average molecular weight is 298 g/mol. The van der Waals surface area contributed by atoms with Crippen LogP contribution in [0.5, 0.6) is 0 Å². The number of urea groups is 1. The first-order valence-electron chi connectivity index (χ1n) is 7.99. The van der Waals surface area contributed by atoms with Gasteiger partial charge in [-0.05, 0) is 18.4 Å². The van der Waals surface area contributed by atoms with Crippen LogP contribution in [0.1, 0.15) is 31.2 Å². The van der Waals surface area contributed by atoms with E-state index in [2.05, 4.69) is 6.58 Å². The number of carbonyl (C=O) groups is 2. The lowest BCUT2D eigenvalue weighted by Gasteiger charge is -2.46. The van der Waals surface area contributed by atoms with E-state index in [9.17, 15) is 9.59 Å². The van der Waals surface area contributed by atoms with E-state index in [4.69, 9.17) is 0 Å². The fourth-order valence-electron chi connectivity index (χ4n) is 3.63. The van der Waals surface area contributed by atoms with Crippen molar-refractivity contribution in [3.63, 3.8) is 0 Å². The quantitative estimate of drug-likeness (QED) is 0.801. The van der Waals surface area contributed by atoms with Crippen molar-refractivity contribution in [1.29, 1.82) is 0 Å². The number of hydrogen-bond acceptors (Lipinski definition) is 2. The molecule has 2 aliphatic rings. The van der Waals surface area contributed by atoms with Crippen LogP contribution in [0.15, 0.2) is 43.0 Å². The smallest absolute Gasteiger partial charge is 0.317 e. The van der Waals surface area contributed by atoms with Gasteiger partial charge in [-0.2, -0.15) is 0 Å². The maximum atomic E-state index is 12.8. The highest BCUT2D eigenvalue weighted by Gasteiger charge is 2.46. The SMILES string of the molecule is C=CCN1C(=O)N(Cc2ccccc2)C(=O)C2CCCCC21. The lowest BCUT2D eigenvalue weighted by Crippen LogP contribution is -2.62. The van der Waals surface area contributed by atoms with Crippen molar-refractivity contribution in [3.8, 4) is 0 Å². The molecule has 0 bridgehead atoms. The molecule has 3 rings (SSSR count). The van der Waals surface area contributed by atoms with Gasteiger partial charge in [-0.1, -0.05) is 49.2 Å². The van der Waals surface area contributed by atoms with Crippen LogP contribution in [0.4, 0.5) is 4.79 Å². The van der Waals surface area contributed by atoms with Crippen LogP contribution < -0.4 is 0 Å². The predicted octanol–water partition coefficient (Wildman–Crippen LogP) is 3.20. The molecule has 1 aromatic rings. The number of nitrogens with zero attached hydrogens (tertiary/aromatic N) is 2. The summed E-state index contributed by atoms with van der Waals surface area (Å²) in [6.45, 7) is 4.63. The molecule has 0 radical (unpaired) electrons. The second kappa shape index (κ2) is 6.34. The third-order valence-electron chi connectivity index (χ3n) is 4.70. The van der Waals surface area contributed by atoms with Crippen molar-refractivity contribution in [2.24, 2.45) is 5.92 Å². The standard InChI is InChI=1S/C18H22N2O2/c1-2-12-19-16-11-7-6-10-15(16)17(21)20(18(19)22)13-14-8-4-3-5-9-14/h2-5,8-9,15-16H,1,6-7,10-13H2. The van der Waals surface area contributed by atoms with Crippen LogP contribution in [0.2, 0.25) is 0 Å². The van der Waals surface area contributed by atoms with Crippen LogP contribution >= 0.6 is 0 Å². The zero-order valence-corrected chi connectivity index (χ0v) is 12.8. The van der Waals surface area contributed by atoms with E-state index in [1.54, 1.807) is 6.08 Å². The van der Waals surface area contributed by atoms with E-state index >= 15 is 0 Å². The summed E-state index contributed by atoms with van der Waals surface area (Å²) in [4.78, 5) is 28.8. The van der Waals surface area contributed by atoms with Crippen molar-refractivity contribution >= 4 is 11.9 Å². The molecule has 2 unspecified atom stereocenters. The molecule has 1 aromatic carbocycles. The highest BCUT2D eigenvalue weighted by molar-refractivity contribution is 5.98.